The van der Waals surface area contributed by atoms with E-state index in [4.69, 9.17) is 35.7 Å². The topological polar surface area (TPSA) is 116 Å². The van der Waals surface area contributed by atoms with Gasteiger partial charge in [0.1, 0.15) is 0 Å². The van der Waals surface area contributed by atoms with Crippen LogP contribution in [0.3, 0.4) is 0 Å². The Morgan fingerprint density at radius 2 is 1.88 bits per heavy atom. The summed E-state index contributed by atoms with van der Waals surface area (Å²) in [5, 5.41) is 12.9. The molecule has 2 N–H and O–H groups in total. The summed E-state index contributed by atoms with van der Waals surface area (Å²) >= 11 is 6.20. The summed E-state index contributed by atoms with van der Waals surface area (Å²) in [5.74, 6) is -0.202. The minimum absolute atomic E-state index is 0.120. The Balaban J connectivity index is 2.12. The molecule has 0 fully saturated rings. The van der Waals surface area contributed by atoms with Gasteiger partial charge in [0, 0.05) is 5.56 Å². The Morgan fingerprint density at radius 3 is 2.53 bits per heavy atom. The van der Waals surface area contributed by atoms with Gasteiger partial charge in [0.05, 0.1) is 31.6 Å². The van der Waals surface area contributed by atoms with E-state index >= 15 is 0 Å². The van der Waals surface area contributed by atoms with Crippen LogP contribution >= 0.6 is 11.6 Å². The van der Waals surface area contributed by atoms with Gasteiger partial charge in [-0.25, -0.2) is 10.2 Å². The largest absolute Gasteiger partial charge is 0.493 e. The molecule has 0 saturated carbocycles. The maximum atomic E-state index is 12.4. The Bertz CT molecular complexity index is 979. The van der Waals surface area contributed by atoms with Crippen molar-refractivity contribution in [1.29, 1.82) is 0 Å². The third kappa shape index (κ3) is 7.05. The third-order valence-corrected chi connectivity index (χ3v) is 4.22. The van der Waals surface area contributed by atoms with Crippen LogP contribution < -0.4 is 24.4 Å². The van der Waals surface area contributed by atoms with E-state index in [1.54, 1.807) is 31.2 Å². The van der Waals surface area contributed by atoms with Crippen LogP contribution in [0.25, 0.3) is 0 Å². The van der Waals surface area contributed by atoms with Crippen LogP contribution in [0.5, 0.6) is 23.0 Å². The van der Waals surface area contributed by atoms with Gasteiger partial charge in [-0.2, -0.15) is 5.10 Å². The number of carbonyl (C=O) groups is 2. The van der Waals surface area contributed by atoms with Crippen LogP contribution in [0.15, 0.2) is 35.4 Å². The number of methoxy groups -OCH3 is 1. The molecule has 0 saturated heterocycles. The average molecular weight is 465 g/mol. The van der Waals surface area contributed by atoms with E-state index in [0.29, 0.717) is 35.8 Å². The molecule has 0 unspecified atom stereocenters. The first kappa shape index (κ1) is 24.8. The lowest BCUT2D eigenvalue weighted by molar-refractivity contribution is -0.139. The van der Waals surface area contributed by atoms with Crippen molar-refractivity contribution < 1.29 is 33.6 Å². The minimum atomic E-state index is -1.14. The number of ether oxygens (including phenoxy) is 4. The molecule has 0 atom stereocenters. The van der Waals surface area contributed by atoms with Crippen LogP contribution in [0.4, 0.5) is 0 Å². The van der Waals surface area contributed by atoms with Gasteiger partial charge in [-0.1, -0.05) is 18.5 Å². The van der Waals surface area contributed by atoms with Crippen molar-refractivity contribution in [2.45, 2.75) is 20.3 Å². The Morgan fingerprint density at radius 1 is 1.09 bits per heavy atom. The smallest absolute Gasteiger partial charge is 0.341 e. The van der Waals surface area contributed by atoms with Crippen molar-refractivity contribution >= 4 is 29.7 Å². The summed E-state index contributed by atoms with van der Waals surface area (Å²) in [7, 11) is 1.50. The number of hydrogen-bond donors (Lipinski definition) is 2. The number of aliphatic carboxylic acids is 1. The molecule has 10 heteroatoms. The second kappa shape index (κ2) is 12.4. The van der Waals surface area contributed by atoms with Gasteiger partial charge in [-0.3, -0.25) is 4.79 Å². The molecule has 2 aromatic rings. The highest BCUT2D eigenvalue weighted by Gasteiger charge is 2.14. The number of halogens is 1. The van der Waals surface area contributed by atoms with Crippen molar-refractivity contribution in [3.8, 4) is 23.0 Å². The number of carbonyl (C=O) groups excluding carboxylic acids is 1. The van der Waals surface area contributed by atoms with Gasteiger partial charge in [0.2, 0.25) is 0 Å². The maximum Gasteiger partial charge on any atom is 0.341 e. The zero-order valence-corrected chi connectivity index (χ0v) is 18.8. The number of hydrogen-bond acceptors (Lipinski definition) is 7. The van der Waals surface area contributed by atoms with Crippen LogP contribution in [0, 0.1) is 0 Å². The summed E-state index contributed by atoms with van der Waals surface area (Å²) < 4.78 is 21.5. The number of hydrazone groups is 1. The molecule has 9 nitrogen and oxygen atoms in total. The molecule has 0 aliphatic rings. The number of carboxylic acid groups (broad SMARTS) is 1. The highest BCUT2D eigenvalue weighted by atomic mass is 35.5. The normalized spacial score (nSPS) is 10.6. The fraction of sp³-hybridized carbons (Fsp3) is 0.318. The quantitative estimate of drug-likeness (QED) is 0.363. The lowest BCUT2D eigenvalue weighted by Gasteiger charge is -2.13. The summed E-state index contributed by atoms with van der Waals surface area (Å²) in [6.07, 6.45) is 2.23. The van der Waals surface area contributed by atoms with Crippen LogP contribution in [0.2, 0.25) is 5.02 Å². The first-order valence-electron chi connectivity index (χ1n) is 9.84. The number of amides is 1. The molecule has 0 aliphatic carbocycles. The second-order valence-corrected chi connectivity index (χ2v) is 6.77. The molecule has 0 bridgehead atoms. The van der Waals surface area contributed by atoms with E-state index in [9.17, 15) is 9.59 Å². The van der Waals surface area contributed by atoms with Gasteiger partial charge in [0.15, 0.2) is 29.6 Å². The summed E-state index contributed by atoms with van der Waals surface area (Å²) in [5.41, 5.74) is 3.29. The molecule has 0 aromatic heterocycles. The predicted octanol–water partition coefficient (Wildman–Crippen LogP) is 3.76. The highest BCUT2D eigenvalue weighted by molar-refractivity contribution is 6.32. The van der Waals surface area contributed by atoms with E-state index in [0.717, 1.165) is 6.42 Å². The van der Waals surface area contributed by atoms with Crippen LogP contribution in [-0.2, 0) is 4.79 Å². The SMILES string of the molecule is CCCOc1ccc(C(=O)N/N=C/c2cc(Cl)c(OCC(=O)O)c(OCC)c2)cc1OC. The van der Waals surface area contributed by atoms with Gasteiger partial charge in [0.25, 0.3) is 5.91 Å². The lowest BCUT2D eigenvalue weighted by Crippen LogP contribution is -2.17. The van der Waals surface area contributed by atoms with Crippen molar-refractivity contribution in [3.05, 3.63) is 46.5 Å². The molecule has 32 heavy (non-hydrogen) atoms. The molecular formula is C22H25ClN2O7. The minimum Gasteiger partial charge on any atom is -0.493 e. The van der Waals surface area contributed by atoms with E-state index in [-0.39, 0.29) is 16.5 Å². The van der Waals surface area contributed by atoms with E-state index in [1.165, 1.54) is 19.4 Å². The van der Waals surface area contributed by atoms with Gasteiger partial charge in [-0.15, -0.1) is 0 Å². The Kier molecular flexibility index (Phi) is 9.62. The fourth-order valence-corrected chi connectivity index (χ4v) is 2.84. The first-order chi connectivity index (χ1) is 15.4. The summed E-state index contributed by atoms with van der Waals surface area (Å²) in [6, 6.07) is 7.92. The maximum absolute atomic E-state index is 12.4. The average Bonchev–Trinajstić information content (AvgIpc) is 2.77. The molecule has 0 heterocycles. The van der Waals surface area contributed by atoms with Crippen LogP contribution in [0.1, 0.15) is 36.2 Å². The summed E-state index contributed by atoms with van der Waals surface area (Å²) in [6.45, 7) is 4.06. The standard InChI is InChI=1S/C22H25ClN2O7/c1-4-8-31-17-7-6-15(11-18(17)29-3)22(28)25-24-12-14-9-16(23)21(32-13-20(26)27)19(10-14)30-5-2/h6-7,9-12H,4-5,8,13H2,1-3H3,(H,25,28)(H,26,27)/b24-12+. The van der Waals surface area contributed by atoms with Crippen molar-refractivity contribution in [2.75, 3.05) is 26.9 Å². The van der Waals surface area contributed by atoms with E-state index in [2.05, 4.69) is 10.5 Å². The number of rotatable bonds is 12. The van der Waals surface area contributed by atoms with E-state index < -0.39 is 18.5 Å². The van der Waals surface area contributed by atoms with E-state index in [1.807, 2.05) is 6.92 Å². The first-order valence-corrected chi connectivity index (χ1v) is 10.2. The lowest BCUT2D eigenvalue weighted by atomic mass is 10.2. The number of nitrogens with zero attached hydrogens (tertiary/aromatic N) is 1. The molecule has 2 rings (SSSR count). The third-order valence-electron chi connectivity index (χ3n) is 3.94. The molecule has 0 radical (unpaired) electrons. The molecule has 0 spiro atoms. The number of nitrogens with one attached hydrogen (secondary N) is 1. The second-order valence-electron chi connectivity index (χ2n) is 6.36. The van der Waals surface area contributed by atoms with Crippen molar-refractivity contribution in [3.63, 3.8) is 0 Å². The molecule has 1 amide bonds. The highest BCUT2D eigenvalue weighted by Crippen LogP contribution is 2.36. The molecule has 0 aliphatic heterocycles. The zero-order chi connectivity index (χ0) is 23.5. The van der Waals surface area contributed by atoms with Gasteiger partial charge in [-0.05, 0) is 49.2 Å². The molecular weight excluding hydrogens is 440 g/mol. The van der Waals surface area contributed by atoms with Crippen molar-refractivity contribution in [1.82, 2.24) is 5.43 Å². The molecule has 172 valence electrons. The van der Waals surface area contributed by atoms with Gasteiger partial charge < -0.3 is 24.1 Å². The number of carboxylic acids is 1. The van der Waals surface area contributed by atoms with Gasteiger partial charge >= 0.3 is 5.97 Å². The molecule has 2 aromatic carbocycles. The monoisotopic (exact) mass is 464 g/mol. The Hall–Kier alpha value is -3.46. The number of benzene rings is 2. The Labute approximate surface area is 190 Å². The fourth-order valence-electron chi connectivity index (χ4n) is 2.57. The van der Waals surface area contributed by atoms with Crippen LogP contribution in [-0.4, -0.2) is 50.1 Å². The zero-order valence-electron chi connectivity index (χ0n) is 18.0. The predicted molar refractivity (Wildman–Crippen MR) is 120 cm³/mol. The summed E-state index contributed by atoms with van der Waals surface area (Å²) in [4.78, 5) is 23.2. The van der Waals surface area contributed by atoms with Crippen molar-refractivity contribution in [2.24, 2.45) is 5.10 Å².